The lowest BCUT2D eigenvalue weighted by atomic mass is 10.2. The van der Waals surface area contributed by atoms with Gasteiger partial charge in [-0.1, -0.05) is 6.07 Å². The van der Waals surface area contributed by atoms with Gasteiger partial charge in [-0.05, 0) is 40.2 Å². The van der Waals surface area contributed by atoms with E-state index in [0.717, 1.165) is 12.1 Å². The minimum Gasteiger partial charge on any atom is -0.341 e. The van der Waals surface area contributed by atoms with Crippen molar-refractivity contribution in [1.29, 1.82) is 0 Å². The predicted molar refractivity (Wildman–Crippen MR) is 76.8 cm³/mol. The van der Waals surface area contributed by atoms with E-state index in [1.807, 2.05) is 18.2 Å². The molecular formula is C14H14BrN3O. The number of nitrogens with zero attached hydrogens (tertiary/aromatic N) is 3. The third kappa shape index (κ3) is 3.86. The number of aromatic nitrogens is 2. The Bertz CT molecular complexity index is 560. The fraction of sp³-hybridized carbons (Fsp3) is 0.214. The Morgan fingerprint density at radius 1 is 1.26 bits per heavy atom. The second kappa shape index (κ2) is 6.43. The van der Waals surface area contributed by atoms with E-state index in [1.54, 1.807) is 36.5 Å². The van der Waals surface area contributed by atoms with Crippen LogP contribution in [0.1, 0.15) is 16.1 Å². The first kappa shape index (κ1) is 13.7. The van der Waals surface area contributed by atoms with E-state index in [1.165, 1.54) is 0 Å². The summed E-state index contributed by atoms with van der Waals surface area (Å²) < 4.78 is 0.663. The van der Waals surface area contributed by atoms with E-state index in [9.17, 15) is 4.79 Å². The van der Waals surface area contributed by atoms with Gasteiger partial charge < -0.3 is 4.90 Å². The molecule has 2 aromatic rings. The van der Waals surface area contributed by atoms with Crippen molar-refractivity contribution in [3.63, 3.8) is 0 Å². The molecular weight excluding hydrogens is 306 g/mol. The molecule has 2 aromatic heterocycles. The van der Waals surface area contributed by atoms with Crippen LogP contribution >= 0.6 is 15.9 Å². The smallest absolute Gasteiger partial charge is 0.253 e. The van der Waals surface area contributed by atoms with Crippen LogP contribution in [0.2, 0.25) is 0 Å². The zero-order chi connectivity index (χ0) is 13.7. The fourth-order valence-corrected chi connectivity index (χ4v) is 2.05. The number of carbonyl (C=O) groups is 1. The van der Waals surface area contributed by atoms with E-state index >= 15 is 0 Å². The average Bonchev–Trinajstić information content (AvgIpc) is 2.45. The minimum absolute atomic E-state index is 0.0148. The van der Waals surface area contributed by atoms with Gasteiger partial charge in [-0.3, -0.25) is 9.78 Å². The van der Waals surface area contributed by atoms with Gasteiger partial charge in [0.2, 0.25) is 0 Å². The molecule has 0 saturated carbocycles. The molecule has 2 rings (SSSR count). The Hall–Kier alpha value is -1.75. The lowest BCUT2D eigenvalue weighted by molar-refractivity contribution is 0.0796. The predicted octanol–water partition coefficient (Wildman–Crippen LogP) is 2.55. The maximum absolute atomic E-state index is 12.2. The van der Waals surface area contributed by atoms with Gasteiger partial charge in [0.25, 0.3) is 5.91 Å². The average molecular weight is 320 g/mol. The summed E-state index contributed by atoms with van der Waals surface area (Å²) in [4.78, 5) is 22.1. The number of pyridine rings is 2. The highest BCUT2D eigenvalue weighted by molar-refractivity contribution is 9.10. The summed E-state index contributed by atoms with van der Waals surface area (Å²) in [7, 11) is 1.79. The topological polar surface area (TPSA) is 46.1 Å². The molecule has 0 atom stereocenters. The van der Waals surface area contributed by atoms with Gasteiger partial charge in [-0.15, -0.1) is 0 Å². The van der Waals surface area contributed by atoms with E-state index < -0.39 is 0 Å². The van der Waals surface area contributed by atoms with Gasteiger partial charge in [0.15, 0.2) is 0 Å². The van der Waals surface area contributed by atoms with Gasteiger partial charge in [-0.2, -0.15) is 0 Å². The first-order valence-corrected chi connectivity index (χ1v) is 6.73. The van der Waals surface area contributed by atoms with Crippen molar-refractivity contribution in [2.24, 2.45) is 0 Å². The molecule has 2 heterocycles. The summed E-state index contributed by atoms with van der Waals surface area (Å²) in [6, 6.07) is 9.22. The standard InChI is InChI=1S/C14H14BrN3O/c1-18(9-6-12-4-2-3-7-16-12)14(19)11-5-8-17-13(15)10-11/h2-5,7-8,10H,6,9H2,1H3. The molecule has 0 aliphatic carbocycles. The van der Waals surface area contributed by atoms with Gasteiger partial charge in [0, 0.05) is 43.7 Å². The Kier molecular flexibility index (Phi) is 4.63. The molecule has 4 nitrogen and oxygen atoms in total. The number of hydrogen-bond acceptors (Lipinski definition) is 3. The monoisotopic (exact) mass is 319 g/mol. The molecule has 0 unspecified atom stereocenters. The summed E-state index contributed by atoms with van der Waals surface area (Å²) >= 11 is 3.26. The third-order valence-electron chi connectivity index (χ3n) is 2.75. The van der Waals surface area contributed by atoms with Crippen LogP contribution in [0.4, 0.5) is 0 Å². The summed E-state index contributed by atoms with van der Waals surface area (Å²) in [5.41, 5.74) is 1.61. The van der Waals surface area contributed by atoms with E-state index in [0.29, 0.717) is 16.7 Å². The molecule has 0 saturated heterocycles. The second-order valence-corrected chi connectivity index (χ2v) is 4.98. The van der Waals surface area contributed by atoms with Crippen molar-refractivity contribution in [2.45, 2.75) is 6.42 Å². The summed E-state index contributed by atoms with van der Waals surface area (Å²) in [6.07, 6.45) is 4.12. The molecule has 0 aromatic carbocycles. The molecule has 98 valence electrons. The second-order valence-electron chi connectivity index (χ2n) is 4.17. The third-order valence-corrected chi connectivity index (χ3v) is 3.18. The highest BCUT2D eigenvalue weighted by Crippen LogP contribution is 2.10. The quantitative estimate of drug-likeness (QED) is 0.814. The van der Waals surface area contributed by atoms with Crippen molar-refractivity contribution in [1.82, 2.24) is 14.9 Å². The van der Waals surface area contributed by atoms with Crippen LogP contribution in [0.5, 0.6) is 0 Å². The summed E-state index contributed by atoms with van der Waals surface area (Å²) in [6.45, 7) is 0.635. The lowest BCUT2D eigenvalue weighted by Gasteiger charge is -2.16. The SMILES string of the molecule is CN(CCc1ccccn1)C(=O)c1ccnc(Br)c1. The van der Waals surface area contributed by atoms with Crippen LogP contribution in [0, 0.1) is 0 Å². The minimum atomic E-state index is -0.0148. The molecule has 0 fully saturated rings. The molecule has 0 aliphatic heterocycles. The lowest BCUT2D eigenvalue weighted by Crippen LogP contribution is -2.29. The number of rotatable bonds is 4. The zero-order valence-electron chi connectivity index (χ0n) is 10.6. The van der Waals surface area contributed by atoms with Crippen LogP contribution in [-0.2, 0) is 6.42 Å². The first-order chi connectivity index (χ1) is 9.16. The number of carbonyl (C=O) groups excluding carboxylic acids is 1. The molecule has 0 bridgehead atoms. The van der Waals surface area contributed by atoms with Crippen LogP contribution in [-0.4, -0.2) is 34.4 Å². The van der Waals surface area contributed by atoms with E-state index in [2.05, 4.69) is 25.9 Å². The molecule has 0 radical (unpaired) electrons. The number of halogens is 1. The van der Waals surface area contributed by atoms with Crippen molar-refractivity contribution in [2.75, 3.05) is 13.6 Å². The molecule has 1 amide bonds. The van der Waals surface area contributed by atoms with Crippen molar-refractivity contribution in [3.8, 4) is 0 Å². The van der Waals surface area contributed by atoms with Gasteiger partial charge in [0.1, 0.15) is 4.60 Å². The maximum atomic E-state index is 12.2. The molecule has 0 spiro atoms. The first-order valence-electron chi connectivity index (χ1n) is 5.94. The molecule has 0 N–H and O–H groups in total. The van der Waals surface area contributed by atoms with E-state index in [4.69, 9.17) is 0 Å². The molecule has 19 heavy (non-hydrogen) atoms. The highest BCUT2D eigenvalue weighted by atomic mass is 79.9. The van der Waals surface area contributed by atoms with Gasteiger partial charge >= 0.3 is 0 Å². The Morgan fingerprint density at radius 3 is 2.79 bits per heavy atom. The number of likely N-dealkylation sites (N-methyl/N-ethyl adjacent to an activating group) is 1. The highest BCUT2D eigenvalue weighted by Gasteiger charge is 2.12. The normalized spacial score (nSPS) is 10.2. The van der Waals surface area contributed by atoms with Crippen LogP contribution in [0.25, 0.3) is 0 Å². The molecule has 0 aliphatic rings. The van der Waals surface area contributed by atoms with E-state index in [-0.39, 0.29) is 5.91 Å². The van der Waals surface area contributed by atoms with Gasteiger partial charge in [-0.25, -0.2) is 4.98 Å². The Morgan fingerprint density at radius 2 is 2.11 bits per heavy atom. The summed E-state index contributed by atoms with van der Waals surface area (Å²) in [5.74, 6) is -0.0148. The maximum Gasteiger partial charge on any atom is 0.253 e. The van der Waals surface area contributed by atoms with Crippen LogP contribution in [0.15, 0.2) is 47.3 Å². The zero-order valence-corrected chi connectivity index (χ0v) is 12.2. The van der Waals surface area contributed by atoms with Crippen LogP contribution in [0.3, 0.4) is 0 Å². The van der Waals surface area contributed by atoms with Crippen molar-refractivity contribution >= 4 is 21.8 Å². The summed E-state index contributed by atoms with van der Waals surface area (Å²) in [5, 5.41) is 0. The van der Waals surface area contributed by atoms with Crippen molar-refractivity contribution < 1.29 is 4.79 Å². The molecule has 5 heteroatoms. The Labute approximate surface area is 120 Å². The Balaban J connectivity index is 1.96. The number of amides is 1. The van der Waals surface area contributed by atoms with Crippen molar-refractivity contribution in [3.05, 3.63) is 58.6 Å². The largest absolute Gasteiger partial charge is 0.341 e. The number of hydrogen-bond donors (Lipinski definition) is 0. The van der Waals surface area contributed by atoms with Crippen LogP contribution < -0.4 is 0 Å². The van der Waals surface area contributed by atoms with Gasteiger partial charge in [0.05, 0.1) is 0 Å². The fourth-order valence-electron chi connectivity index (χ4n) is 1.69.